The molecule has 0 aliphatic heterocycles. The smallest absolute Gasteiger partial charge is 0.0222 e. The molecule has 0 bridgehead atoms. The van der Waals surface area contributed by atoms with Crippen LogP contribution in [0.1, 0.15) is 44.7 Å². The van der Waals surface area contributed by atoms with Gasteiger partial charge in [-0.15, -0.1) is 0 Å². The van der Waals surface area contributed by atoms with Crippen LogP contribution in [0.5, 0.6) is 0 Å². The van der Waals surface area contributed by atoms with Gasteiger partial charge in [0.05, 0.1) is 0 Å². The lowest BCUT2D eigenvalue weighted by Gasteiger charge is -2.05. The molecule has 16 heavy (non-hydrogen) atoms. The number of allylic oxidation sites excluding steroid dienone is 4. The fraction of sp³-hybridized carbons (Fsp3) is 0.375. The summed E-state index contributed by atoms with van der Waals surface area (Å²) in [5.41, 5.74) is 5.52. The van der Waals surface area contributed by atoms with E-state index in [1.807, 2.05) is 0 Å². The first-order chi connectivity index (χ1) is 7.67. The molecular weight excluding hydrogens is 192 g/mol. The predicted octanol–water partition coefficient (Wildman–Crippen LogP) is 5.14. The lowest BCUT2D eigenvalue weighted by atomic mass is 10.0. The van der Waals surface area contributed by atoms with E-state index in [0.717, 1.165) is 12.8 Å². The molecular formula is C16H22. The minimum atomic E-state index is 1.08. The average molecular weight is 214 g/mol. The molecule has 0 saturated carbocycles. The van der Waals surface area contributed by atoms with Crippen LogP contribution in [-0.4, -0.2) is 0 Å². The van der Waals surface area contributed by atoms with Crippen molar-refractivity contribution >= 4 is 5.57 Å². The van der Waals surface area contributed by atoms with E-state index in [4.69, 9.17) is 0 Å². The third-order valence-electron chi connectivity index (χ3n) is 2.90. The molecule has 0 nitrogen and oxygen atoms in total. The van der Waals surface area contributed by atoms with Crippen LogP contribution >= 0.6 is 0 Å². The highest BCUT2D eigenvalue weighted by molar-refractivity contribution is 5.67. The zero-order valence-corrected chi connectivity index (χ0v) is 10.9. The van der Waals surface area contributed by atoms with Gasteiger partial charge in [-0.25, -0.2) is 0 Å². The zero-order valence-electron chi connectivity index (χ0n) is 10.9. The summed E-state index contributed by atoms with van der Waals surface area (Å²) in [7, 11) is 0. The van der Waals surface area contributed by atoms with Crippen LogP contribution in [0.25, 0.3) is 5.57 Å². The number of hydrogen-bond donors (Lipinski definition) is 0. The number of hydrogen-bond acceptors (Lipinski definition) is 0. The van der Waals surface area contributed by atoms with Crippen molar-refractivity contribution in [3.8, 4) is 0 Å². The summed E-state index contributed by atoms with van der Waals surface area (Å²) in [6.07, 6.45) is 6.70. The first-order valence-electron chi connectivity index (χ1n) is 6.10. The maximum absolute atomic E-state index is 2.26. The second-order valence-corrected chi connectivity index (χ2v) is 4.28. The van der Waals surface area contributed by atoms with Crippen molar-refractivity contribution in [1.29, 1.82) is 0 Å². The molecule has 0 aliphatic carbocycles. The fourth-order valence-corrected chi connectivity index (χ4v) is 1.62. The zero-order chi connectivity index (χ0) is 12.0. The molecule has 0 spiro atoms. The van der Waals surface area contributed by atoms with Gasteiger partial charge in [0.25, 0.3) is 0 Å². The van der Waals surface area contributed by atoms with Crippen molar-refractivity contribution in [2.45, 2.75) is 40.5 Å². The highest BCUT2D eigenvalue weighted by Crippen LogP contribution is 2.19. The molecule has 0 saturated heterocycles. The summed E-state index contributed by atoms with van der Waals surface area (Å²) in [5.74, 6) is 0. The third kappa shape index (κ3) is 3.69. The Morgan fingerprint density at radius 2 is 1.88 bits per heavy atom. The maximum atomic E-state index is 2.26. The molecule has 0 atom stereocenters. The molecule has 0 aliphatic rings. The molecule has 0 unspecified atom stereocenters. The monoisotopic (exact) mass is 214 g/mol. The second kappa shape index (κ2) is 6.32. The second-order valence-electron chi connectivity index (χ2n) is 4.28. The van der Waals surface area contributed by atoms with Crippen LogP contribution < -0.4 is 0 Å². The summed E-state index contributed by atoms with van der Waals surface area (Å²) < 4.78 is 0. The van der Waals surface area contributed by atoms with Crippen molar-refractivity contribution in [3.63, 3.8) is 0 Å². The Hall–Kier alpha value is -1.30. The van der Waals surface area contributed by atoms with Crippen LogP contribution in [0.15, 0.2) is 42.0 Å². The topological polar surface area (TPSA) is 0 Å². The van der Waals surface area contributed by atoms with Crippen LogP contribution in [0.4, 0.5) is 0 Å². The van der Waals surface area contributed by atoms with E-state index >= 15 is 0 Å². The van der Waals surface area contributed by atoms with Gasteiger partial charge in [-0.3, -0.25) is 0 Å². The van der Waals surface area contributed by atoms with Crippen molar-refractivity contribution in [3.05, 3.63) is 53.1 Å². The van der Waals surface area contributed by atoms with E-state index in [9.17, 15) is 0 Å². The van der Waals surface area contributed by atoms with E-state index in [1.165, 1.54) is 22.3 Å². The first-order valence-corrected chi connectivity index (χ1v) is 6.10. The molecule has 0 heteroatoms. The predicted molar refractivity (Wildman–Crippen MR) is 73.5 cm³/mol. The highest BCUT2D eigenvalue weighted by Gasteiger charge is 1.97. The van der Waals surface area contributed by atoms with Crippen molar-refractivity contribution in [1.82, 2.24) is 0 Å². The van der Waals surface area contributed by atoms with Gasteiger partial charge in [-0.1, -0.05) is 61.4 Å². The van der Waals surface area contributed by atoms with Crippen LogP contribution in [0, 0.1) is 6.92 Å². The van der Waals surface area contributed by atoms with E-state index in [0.29, 0.717) is 0 Å². The fourth-order valence-electron chi connectivity index (χ4n) is 1.62. The lowest BCUT2D eigenvalue weighted by molar-refractivity contribution is 1.10. The molecule has 0 radical (unpaired) electrons. The Morgan fingerprint density at radius 3 is 2.44 bits per heavy atom. The van der Waals surface area contributed by atoms with Gasteiger partial charge < -0.3 is 0 Å². The van der Waals surface area contributed by atoms with Crippen molar-refractivity contribution < 1.29 is 0 Å². The molecule has 0 heterocycles. The number of benzene rings is 1. The van der Waals surface area contributed by atoms with Gasteiger partial charge in [-0.2, -0.15) is 0 Å². The Bertz CT molecular complexity index is 394. The van der Waals surface area contributed by atoms with Gasteiger partial charge in [0.15, 0.2) is 0 Å². The Balaban J connectivity index is 2.99. The molecule has 1 rings (SSSR count). The Morgan fingerprint density at radius 1 is 1.12 bits per heavy atom. The van der Waals surface area contributed by atoms with E-state index < -0.39 is 0 Å². The Labute approximate surface area is 99.7 Å². The lowest BCUT2D eigenvalue weighted by Crippen LogP contribution is -1.84. The molecule has 0 aromatic heterocycles. The van der Waals surface area contributed by atoms with Gasteiger partial charge in [-0.05, 0) is 37.8 Å². The van der Waals surface area contributed by atoms with Gasteiger partial charge in [0.2, 0.25) is 0 Å². The van der Waals surface area contributed by atoms with Gasteiger partial charge >= 0.3 is 0 Å². The Kier molecular flexibility index (Phi) is 5.04. The molecule has 0 amide bonds. The number of aryl methyl sites for hydroxylation is 1. The quantitative estimate of drug-likeness (QED) is 0.608. The summed E-state index contributed by atoms with van der Waals surface area (Å²) in [6.45, 7) is 8.73. The highest BCUT2D eigenvalue weighted by atomic mass is 14.0. The van der Waals surface area contributed by atoms with Gasteiger partial charge in [0.1, 0.15) is 0 Å². The van der Waals surface area contributed by atoms with E-state index in [2.05, 4.69) is 64.1 Å². The largest absolute Gasteiger partial charge is 0.0736 e. The first kappa shape index (κ1) is 12.8. The third-order valence-corrected chi connectivity index (χ3v) is 2.90. The average Bonchev–Trinajstić information content (AvgIpc) is 2.29. The minimum Gasteiger partial charge on any atom is -0.0736 e. The normalized spacial score (nSPS) is 13.0. The molecule has 1 aromatic rings. The number of rotatable bonds is 4. The van der Waals surface area contributed by atoms with Crippen LogP contribution in [-0.2, 0) is 0 Å². The SMILES string of the molecule is CC/C(C)=C\C=C(/CC)c1cccc(C)c1. The van der Waals surface area contributed by atoms with Crippen LogP contribution in [0.3, 0.4) is 0 Å². The minimum absolute atomic E-state index is 1.08. The van der Waals surface area contributed by atoms with E-state index in [-0.39, 0.29) is 0 Å². The summed E-state index contributed by atoms with van der Waals surface area (Å²) in [5, 5.41) is 0. The maximum Gasteiger partial charge on any atom is -0.0222 e. The molecule has 0 N–H and O–H groups in total. The van der Waals surface area contributed by atoms with E-state index in [1.54, 1.807) is 0 Å². The molecule has 86 valence electrons. The summed E-state index contributed by atoms with van der Waals surface area (Å²) in [6, 6.07) is 8.72. The summed E-state index contributed by atoms with van der Waals surface area (Å²) in [4.78, 5) is 0. The standard InChI is InChI=1S/C16H22/c1-5-13(3)10-11-15(6-2)16-9-7-8-14(4)12-16/h7-12H,5-6H2,1-4H3/b13-10-,15-11+. The van der Waals surface area contributed by atoms with Crippen molar-refractivity contribution in [2.24, 2.45) is 0 Å². The molecule has 0 fully saturated rings. The van der Waals surface area contributed by atoms with Crippen LogP contribution in [0.2, 0.25) is 0 Å². The summed E-state index contributed by atoms with van der Waals surface area (Å²) >= 11 is 0. The molecule has 1 aromatic carbocycles. The van der Waals surface area contributed by atoms with Crippen molar-refractivity contribution in [2.75, 3.05) is 0 Å². The van der Waals surface area contributed by atoms with Gasteiger partial charge in [0, 0.05) is 0 Å².